The van der Waals surface area contributed by atoms with Gasteiger partial charge in [0.25, 0.3) is 0 Å². The van der Waals surface area contributed by atoms with Crippen LogP contribution in [0, 0.1) is 5.41 Å². The van der Waals surface area contributed by atoms with Crippen LogP contribution >= 0.6 is 0 Å². The van der Waals surface area contributed by atoms with Crippen molar-refractivity contribution in [3.63, 3.8) is 0 Å². The van der Waals surface area contributed by atoms with Crippen LogP contribution in [-0.2, 0) is 0 Å². The number of aliphatic hydroxyl groups is 1. The molecule has 2 saturated heterocycles. The summed E-state index contributed by atoms with van der Waals surface area (Å²) in [5, 5.41) is 22.4. The summed E-state index contributed by atoms with van der Waals surface area (Å²) in [5.41, 5.74) is 2.33. The van der Waals surface area contributed by atoms with Crippen molar-refractivity contribution < 1.29 is 5.11 Å². The second-order valence-corrected chi connectivity index (χ2v) is 6.41. The van der Waals surface area contributed by atoms with Crippen molar-refractivity contribution in [2.75, 3.05) is 31.1 Å². The standard InChI is InChI=1S/C17H19N5O/c1-3-4-13(11(2)23)14-5-12-6-15(19-16(12)21-20-14)22-9-17(10-22)7-18-8-17/h3-6,18,23H,1-2,7-10H2,(H,19,21)/b13-4+. The molecule has 0 radical (unpaired) electrons. The molecule has 4 rings (SSSR count). The number of allylic oxidation sites excluding steroid dienone is 3. The molecule has 2 aromatic rings. The minimum absolute atomic E-state index is 0.0449. The number of hydrogen-bond donors (Lipinski definition) is 3. The first-order valence-corrected chi connectivity index (χ1v) is 7.64. The average Bonchev–Trinajstić information content (AvgIpc) is 2.83. The van der Waals surface area contributed by atoms with Crippen molar-refractivity contribution in [3.8, 4) is 0 Å². The number of fused-ring (bicyclic) bond motifs is 1. The molecule has 0 amide bonds. The van der Waals surface area contributed by atoms with Gasteiger partial charge in [-0.2, -0.15) is 0 Å². The Labute approximate surface area is 134 Å². The van der Waals surface area contributed by atoms with Crippen LogP contribution in [0.3, 0.4) is 0 Å². The quantitative estimate of drug-likeness (QED) is 0.595. The van der Waals surface area contributed by atoms with E-state index in [1.807, 2.05) is 6.07 Å². The van der Waals surface area contributed by atoms with Crippen LogP contribution in [-0.4, -0.2) is 46.5 Å². The van der Waals surface area contributed by atoms with Crippen molar-refractivity contribution in [2.45, 2.75) is 0 Å². The molecule has 0 aromatic carbocycles. The van der Waals surface area contributed by atoms with Gasteiger partial charge in [0.15, 0.2) is 5.65 Å². The van der Waals surface area contributed by atoms with Gasteiger partial charge in [-0.05, 0) is 18.2 Å². The van der Waals surface area contributed by atoms with E-state index in [-0.39, 0.29) is 5.76 Å². The number of aliphatic hydroxyl groups excluding tert-OH is 1. The van der Waals surface area contributed by atoms with Crippen molar-refractivity contribution in [1.29, 1.82) is 0 Å². The number of anilines is 1. The lowest BCUT2D eigenvalue weighted by molar-refractivity contribution is 0.120. The molecule has 0 atom stereocenters. The molecule has 4 heterocycles. The van der Waals surface area contributed by atoms with Gasteiger partial charge in [-0.25, -0.2) is 0 Å². The van der Waals surface area contributed by atoms with Gasteiger partial charge in [-0.1, -0.05) is 19.2 Å². The second kappa shape index (κ2) is 4.96. The molecule has 23 heavy (non-hydrogen) atoms. The Bertz CT molecular complexity index is 823. The van der Waals surface area contributed by atoms with Crippen molar-refractivity contribution in [1.82, 2.24) is 20.5 Å². The molecular weight excluding hydrogens is 290 g/mol. The van der Waals surface area contributed by atoms with Crippen LogP contribution in [0.15, 0.2) is 43.2 Å². The van der Waals surface area contributed by atoms with Crippen LogP contribution in [0.25, 0.3) is 16.6 Å². The van der Waals surface area contributed by atoms with Crippen LogP contribution < -0.4 is 10.2 Å². The average molecular weight is 309 g/mol. The summed E-state index contributed by atoms with van der Waals surface area (Å²) in [6.07, 6.45) is 3.27. The zero-order valence-electron chi connectivity index (χ0n) is 12.8. The summed E-state index contributed by atoms with van der Waals surface area (Å²) in [6.45, 7) is 11.6. The Kier molecular flexibility index (Phi) is 3.02. The minimum atomic E-state index is -0.0449. The van der Waals surface area contributed by atoms with Crippen LogP contribution in [0.4, 0.5) is 5.82 Å². The van der Waals surface area contributed by atoms with E-state index < -0.39 is 0 Å². The lowest BCUT2D eigenvalue weighted by Gasteiger charge is -2.56. The topological polar surface area (TPSA) is 77.1 Å². The van der Waals surface area contributed by atoms with Crippen molar-refractivity contribution in [3.05, 3.63) is 48.9 Å². The zero-order valence-corrected chi connectivity index (χ0v) is 12.8. The minimum Gasteiger partial charge on any atom is -0.508 e. The fourth-order valence-corrected chi connectivity index (χ4v) is 3.30. The number of nitrogens with zero attached hydrogens (tertiary/aromatic N) is 3. The third-order valence-corrected chi connectivity index (χ3v) is 4.63. The van der Waals surface area contributed by atoms with Gasteiger partial charge in [0.1, 0.15) is 11.6 Å². The molecule has 2 aliphatic heterocycles. The van der Waals surface area contributed by atoms with Gasteiger partial charge in [-0.15, -0.1) is 10.2 Å². The largest absolute Gasteiger partial charge is 0.508 e. The van der Waals surface area contributed by atoms with Gasteiger partial charge in [-0.3, -0.25) is 0 Å². The Morgan fingerprint density at radius 3 is 2.70 bits per heavy atom. The molecule has 0 aliphatic carbocycles. The van der Waals surface area contributed by atoms with E-state index in [0.29, 0.717) is 16.7 Å². The van der Waals surface area contributed by atoms with Gasteiger partial charge in [0.05, 0.1) is 5.69 Å². The molecular formula is C17H19N5O. The molecule has 2 aliphatic rings. The maximum Gasteiger partial charge on any atom is 0.161 e. The maximum absolute atomic E-state index is 9.70. The number of aromatic nitrogens is 3. The van der Waals surface area contributed by atoms with Crippen molar-refractivity contribution >= 4 is 22.4 Å². The number of hydrogen-bond acceptors (Lipinski definition) is 5. The Balaban J connectivity index is 1.63. The summed E-state index contributed by atoms with van der Waals surface area (Å²) in [7, 11) is 0. The third-order valence-electron chi connectivity index (χ3n) is 4.63. The Hall–Kier alpha value is -2.60. The normalized spacial score (nSPS) is 19.5. The highest BCUT2D eigenvalue weighted by Gasteiger charge is 2.47. The molecule has 118 valence electrons. The van der Waals surface area contributed by atoms with E-state index >= 15 is 0 Å². The molecule has 0 bridgehead atoms. The molecule has 2 aromatic heterocycles. The van der Waals surface area contributed by atoms with E-state index in [0.717, 1.165) is 43.0 Å². The summed E-state index contributed by atoms with van der Waals surface area (Å²) in [5.74, 6) is 1.03. The van der Waals surface area contributed by atoms with E-state index in [9.17, 15) is 5.11 Å². The molecule has 6 nitrogen and oxygen atoms in total. The Morgan fingerprint density at radius 1 is 1.30 bits per heavy atom. The van der Waals surface area contributed by atoms with Crippen LogP contribution in [0.1, 0.15) is 5.69 Å². The first-order chi connectivity index (χ1) is 11.1. The molecule has 3 N–H and O–H groups in total. The zero-order chi connectivity index (χ0) is 16.0. The first kappa shape index (κ1) is 14.0. The first-order valence-electron chi connectivity index (χ1n) is 7.64. The molecule has 1 spiro atoms. The lowest BCUT2D eigenvalue weighted by atomic mass is 9.74. The fraction of sp³-hybridized carbons (Fsp3) is 0.294. The molecule has 0 unspecified atom stereocenters. The summed E-state index contributed by atoms with van der Waals surface area (Å²) < 4.78 is 0. The van der Waals surface area contributed by atoms with Gasteiger partial charge in [0.2, 0.25) is 0 Å². The predicted octanol–water partition coefficient (Wildman–Crippen LogP) is 2.01. The van der Waals surface area contributed by atoms with Crippen LogP contribution in [0.5, 0.6) is 0 Å². The maximum atomic E-state index is 9.70. The SMILES string of the molecule is C=C/C=C(\C(=C)O)c1cc2cc(N3CC4(CNC4)C3)[nH]c2nn1. The number of nitrogens with one attached hydrogen (secondary N) is 2. The molecule has 2 fully saturated rings. The highest BCUT2D eigenvalue weighted by molar-refractivity contribution is 5.85. The summed E-state index contributed by atoms with van der Waals surface area (Å²) in [6, 6.07) is 3.98. The van der Waals surface area contributed by atoms with Crippen molar-refractivity contribution in [2.24, 2.45) is 5.41 Å². The Morgan fingerprint density at radius 2 is 2.09 bits per heavy atom. The summed E-state index contributed by atoms with van der Waals surface area (Å²) >= 11 is 0. The van der Waals surface area contributed by atoms with E-state index in [4.69, 9.17) is 0 Å². The number of H-pyrrole nitrogens is 1. The highest BCUT2D eigenvalue weighted by atomic mass is 16.3. The van der Waals surface area contributed by atoms with Gasteiger partial charge >= 0.3 is 0 Å². The molecule has 6 heteroatoms. The highest BCUT2D eigenvalue weighted by Crippen LogP contribution is 2.37. The monoisotopic (exact) mass is 309 g/mol. The third kappa shape index (κ3) is 2.22. The lowest BCUT2D eigenvalue weighted by Crippen LogP contribution is -2.71. The predicted molar refractivity (Wildman–Crippen MR) is 91.3 cm³/mol. The summed E-state index contributed by atoms with van der Waals surface area (Å²) in [4.78, 5) is 5.65. The fourth-order valence-electron chi connectivity index (χ4n) is 3.30. The van der Waals surface area contributed by atoms with E-state index in [2.05, 4.69) is 44.6 Å². The number of aromatic amines is 1. The smallest absolute Gasteiger partial charge is 0.161 e. The second-order valence-electron chi connectivity index (χ2n) is 6.41. The number of rotatable bonds is 4. The molecule has 0 saturated carbocycles. The van der Waals surface area contributed by atoms with Gasteiger partial charge < -0.3 is 20.3 Å². The van der Waals surface area contributed by atoms with E-state index in [1.165, 1.54) is 0 Å². The van der Waals surface area contributed by atoms with Crippen LogP contribution in [0.2, 0.25) is 0 Å². The van der Waals surface area contributed by atoms with Gasteiger partial charge in [0, 0.05) is 42.6 Å². The van der Waals surface area contributed by atoms with E-state index in [1.54, 1.807) is 12.2 Å².